The molecule has 1 heterocycles. The van der Waals surface area contributed by atoms with E-state index in [2.05, 4.69) is 15.5 Å². The highest BCUT2D eigenvalue weighted by Crippen LogP contribution is 2.25. The second-order valence-corrected chi connectivity index (χ2v) is 4.81. The summed E-state index contributed by atoms with van der Waals surface area (Å²) in [4.78, 5) is 0. The summed E-state index contributed by atoms with van der Waals surface area (Å²) in [7, 11) is 0. The molecule has 0 aliphatic carbocycles. The molecule has 5 heteroatoms. The largest absolute Gasteiger partial charge is 0.396 e. The minimum Gasteiger partial charge on any atom is -0.396 e. The van der Waals surface area contributed by atoms with Crippen LogP contribution in [0.2, 0.25) is 5.15 Å². The zero-order valence-corrected chi connectivity index (χ0v) is 11.5. The van der Waals surface area contributed by atoms with Gasteiger partial charge in [-0.2, -0.15) is 0 Å². The van der Waals surface area contributed by atoms with E-state index in [-0.39, 0.29) is 6.61 Å². The van der Waals surface area contributed by atoms with Gasteiger partial charge >= 0.3 is 0 Å². The van der Waals surface area contributed by atoms with Crippen LogP contribution in [0.4, 0.5) is 5.82 Å². The van der Waals surface area contributed by atoms with Crippen molar-refractivity contribution in [2.75, 3.05) is 18.5 Å². The SMILES string of the molecule is OCCCCCCNc1nnc(Cl)c2ccccc12. The van der Waals surface area contributed by atoms with Crippen LogP contribution in [-0.4, -0.2) is 28.5 Å². The van der Waals surface area contributed by atoms with Crippen LogP contribution < -0.4 is 5.32 Å². The van der Waals surface area contributed by atoms with Crippen molar-refractivity contribution in [3.05, 3.63) is 29.4 Å². The molecule has 2 aromatic rings. The summed E-state index contributed by atoms with van der Waals surface area (Å²) in [5.74, 6) is 0.780. The molecule has 0 fully saturated rings. The Balaban J connectivity index is 1.96. The molecule has 0 saturated carbocycles. The highest BCUT2D eigenvalue weighted by Gasteiger charge is 2.06. The van der Waals surface area contributed by atoms with E-state index in [0.29, 0.717) is 5.15 Å². The van der Waals surface area contributed by atoms with Gasteiger partial charge in [-0.25, -0.2) is 0 Å². The molecule has 0 unspecified atom stereocenters. The summed E-state index contributed by atoms with van der Waals surface area (Å²) in [6.07, 6.45) is 4.10. The van der Waals surface area contributed by atoms with Gasteiger partial charge in [0.1, 0.15) is 0 Å². The van der Waals surface area contributed by atoms with E-state index < -0.39 is 0 Å². The van der Waals surface area contributed by atoms with Crippen LogP contribution in [0.1, 0.15) is 25.7 Å². The molecule has 0 atom stereocenters. The first-order chi connectivity index (χ1) is 9.33. The zero-order valence-electron chi connectivity index (χ0n) is 10.8. The van der Waals surface area contributed by atoms with Crippen LogP contribution in [0, 0.1) is 0 Å². The molecule has 0 aliphatic heterocycles. The van der Waals surface area contributed by atoms with Gasteiger partial charge in [0, 0.05) is 23.9 Å². The molecule has 2 N–H and O–H groups in total. The van der Waals surface area contributed by atoms with Crippen molar-refractivity contribution in [3.63, 3.8) is 0 Å². The predicted octanol–water partition coefficient (Wildman–Crippen LogP) is 3.25. The lowest BCUT2D eigenvalue weighted by molar-refractivity contribution is 0.283. The van der Waals surface area contributed by atoms with E-state index in [4.69, 9.17) is 16.7 Å². The first-order valence-electron chi connectivity index (χ1n) is 6.58. The van der Waals surface area contributed by atoms with Gasteiger partial charge < -0.3 is 10.4 Å². The normalized spacial score (nSPS) is 10.8. The number of rotatable bonds is 7. The van der Waals surface area contributed by atoms with Crippen LogP contribution in [0.15, 0.2) is 24.3 Å². The number of aliphatic hydroxyl groups excluding tert-OH is 1. The Bertz CT molecular complexity index is 533. The number of aromatic nitrogens is 2. The second-order valence-electron chi connectivity index (χ2n) is 4.45. The number of hydrogen-bond acceptors (Lipinski definition) is 4. The van der Waals surface area contributed by atoms with Gasteiger partial charge in [0.05, 0.1) is 0 Å². The van der Waals surface area contributed by atoms with Crippen molar-refractivity contribution in [1.82, 2.24) is 10.2 Å². The molecule has 0 saturated heterocycles. The highest BCUT2D eigenvalue weighted by molar-refractivity contribution is 6.34. The van der Waals surface area contributed by atoms with Crippen molar-refractivity contribution in [1.29, 1.82) is 0 Å². The molecule has 4 nitrogen and oxygen atoms in total. The van der Waals surface area contributed by atoms with E-state index in [1.54, 1.807) is 0 Å². The van der Waals surface area contributed by atoms with Crippen LogP contribution in [-0.2, 0) is 0 Å². The monoisotopic (exact) mass is 279 g/mol. The number of nitrogens with one attached hydrogen (secondary N) is 1. The number of hydrogen-bond donors (Lipinski definition) is 2. The molecule has 0 aliphatic rings. The third kappa shape index (κ3) is 3.78. The number of halogens is 1. The maximum Gasteiger partial charge on any atom is 0.159 e. The Morgan fingerprint density at radius 1 is 1.00 bits per heavy atom. The molecule has 0 amide bonds. The number of benzene rings is 1. The Kier molecular flexibility index (Phi) is 5.36. The minimum absolute atomic E-state index is 0.278. The van der Waals surface area contributed by atoms with Crippen LogP contribution in [0.25, 0.3) is 10.8 Å². The van der Waals surface area contributed by atoms with E-state index in [1.807, 2.05) is 24.3 Å². The molecule has 19 heavy (non-hydrogen) atoms. The quantitative estimate of drug-likeness (QED) is 0.764. The summed E-state index contributed by atoms with van der Waals surface area (Å²) >= 11 is 6.02. The summed E-state index contributed by atoms with van der Waals surface area (Å²) < 4.78 is 0. The van der Waals surface area contributed by atoms with Gasteiger partial charge in [-0.05, 0) is 12.8 Å². The highest BCUT2D eigenvalue weighted by atomic mass is 35.5. The molecular weight excluding hydrogens is 262 g/mol. The first-order valence-corrected chi connectivity index (χ1v) is 6.96. The lowest BCUT2D eigenvalue weighted by Crippen LogP contribution is -2.05. The van der Waals surface area contributed by atoms with Crippen LogP contribution in [0.3, 0.4) is 0 Å². The van der Waals surface area contributed by atoms with Crippen molar-refractivity contribution in [2.24, 2.45) is 0 Å². The van der Waals surface area contributed by atoms with E-state index in [1.165, 1.54) is 0 Å². The van der Waals surface area contributed by atoms with E-state index >= 15 is 0 Å². The number of anilines is 1. The van der Waals surface area contributed by atoms with Crippen molar-refractivity contribution < 1.29 is 5.11 Å². The smallest absolute Gasteiger partial charge is 0.159 e. The number of fused-ring (bicyclic) bond motifs is 1. The first kappa shape index (κ1) is 14.0. The van der Waals surface area contributed by atoms with E-state index in [0.717, 1.165) is 48.8 Å². The fraction of sp³-hybridized carbons (Fsp3) is 0.429. The standard InChI is InChI=1S/C14H18ClN3O/c15-13-11-7-3-4-8-12(11)14(18-17-13)16-9-5-1-2-6-10-19/h3-4,7-8,19H,1-2,5-6,9-10H2,(H,16,18). The Hall–Kier alpha value is -1.39. The number of unbranched alkanes of at least 4 members (excludes halogenated alkanes) is 3. The fourth-order valence-electron chi connectivity index (χ4n) is 2.00. The molecule has 1 aromatic carbocycles. The molecule has 0 radical (unpaired) electrons. The predicted molar refractivity (Wildman–Crippen MR) is 78.6 cm³/mol. The van der Waals surface area contributed by atoms with E-state index in [9.17, 15) is 0 Å². The molecule has 0 spiro atoms. The summed E-state index contributed by atoms with van der Waals surface area (Å²) in [6.45, 7) is 1.13. The average Bonchev–Trinajstić information content (AvgIpc) is 2.45. The lowest BCUT2D eigenvalue weighted by Gasteiger charge is -2.08. The lowest BCUT2D eigenvalue weighted by atomic mass is 10.2. The maximum atomic E-state index is 8.70. The molecule has 0 bridgehead atoms. The van der Waals surface area contributed by atoms with Gasteiger partial charge in [-0.15, -0.1) is 10.2 Å². The van der Waals surface area contributed by atoms with Gasteiger partial charge in [0.25, 0.3) is 0 Å². The molecule has 1 aromatic heterocycles. The van der Waals surface area contributed by atoms with Crippen molar-refractivity contribution in [2.45, 2.75) is 25.7 Å². The topological polar surface area (TPSA) is 58.0 Å². The number of aliphatic hydroxyl groups is 1. The van der Waals surface area contributed by atoms with Gasteiger partial charge in [0.2, 0.25) is 0 Å². The maximum absolute atomic E-state index is 8.70. The third-order valence-corrected chi connectivity index (χ3v) is 3.30. The Labute approximate surface area is 117 Å². The van der Waals surface area contributed by atoms with Gasteiger partial charge in [0.15, 0.2) is 11.0 Å². The van der Waals surface area contributed by atoms with Crippen LogP contribution in [0.5, 0.6) is 0 Å². The van der Waals surface area contributed by atoms with Gasteiger partial charge in [-0.3, -0.25) is 0 Å². The van der Waals surface area contributed by atoms with Crippen LogP contribution >= 0.6 is 11.6 Å². The van der Waals surface area contributed by atoms with Gasteiger partial charge in [-0.1, -0.05) is 48.7 Å². The molecule has 102 valence electrons. The summed E-state index contributed by atoms with van der Waals surface area (Å²) in [5, 5.41) is 22.4. The second kappa shape index (κ2) is 7.26. The number of nitrogens with zero attached hydrogens (tertiary/aromatic N) is 2. The van der Waals surface area contributed by atoms with Crippen molar-refractivity contribution >= 4 is 28.2 Å². The third-order valence-electron chi connectivity index (χ3n) is 3.02. The summed E-state index contributed by atoms with van der Waals surface area (Å²) in [5.41, 5.74) is 0. The summed E-state index contributed by atoms with van der Waals surface area (Å²) in [6, 6.07) is 7.84. The zero-order chi connectivity index (χ0) is 13.5. The Morgan fingerprint density at radius 2 is 1.74 bits per heavy atom. The molecular formula is C14H18ClN3O. The Morgan fingerprint density at radius 3 is 2.53 bits per heavy atom. The average molecular weight is 280 g/mol. The molecule has 2 rings (SSSR count). The fourth-order valence-corrected chi connectivity index (χ4v) is 2.20. The minimum atomic E-state index is 0.278. The van der Waals surface area contributed by atoms with Crippen molar-refractivity contribution in [3.8, 4) is 0 Å².